The number of aromatic nitrogens is 2. The minimum Gasteiger partial charge on any atom is -0.468 e. The molecule has 8 nitrogen and oxygen atoms in total. The number of nitrogens with zero attached hydrogens (tertiary/aromatic N) is 2. The lowest BCUT2D eigenvalue weighted by Crippen LogP contribution is -2.40. The molecule has 0 aliphatic carbocycles. The van der Waals surface area contributed by atoms with Crippen molar-refractivity contribution < 1.29 is 19.1 Å². The van der Waals surface area contributed by atoms with E-state index in [9.17, 15) is 14.4 Å². The Bertz CT molecular complexity index is 515. The van der Waals surface area contributed by atoms with Crippen molar-refractivity contribution >= 4 is 23.5 Å². The third-order valence-corrected chi connectivity index (χ3v) is 3.06. The highest BCUT2D eigenvalue weighted by Crippen LogP contribution is 2.14. The van der Waals surface area contributed by atoms with Crippen LogP contribution >= 0.6 is 0 Å². The topological polar surface area (TPSA) is 102 Å². The zero-order chi connectivity index (χ0) is 14.5. The van der Waals surface area contributed by atoms with Gasteiger partial charge >= 0.3 is 5.97 Å². The van der Waals surface area contributed by atoms with Gasteiger partial charge in [-0.1, -0.05) is 0 Å². The Balaban J connectivity index is 1.88. The van der Waals surface area contributed by atoms with Crippen molar-refractivity contribution in [1.82, 2.24) is 15.1 Å². The second-order valence-electron chi connectivity index (χ2n) is 4.53. The first-order valence-corrected chi connectivity index (χ1v) is 6.25. The molecular weight excluding hydrogens is 264 g/mol. The molecule has 2 rings (SSSR count). The Morgan fingerprint density at radius 1 is 1.60 bits per heavy atom. The third-order valence-electron chi connectivity index (χ3n) is 3.06. The Kier molecular flexibility index (Phi) is 4.34. The largest absolute Gasteiger partial charge is 0.468 e. The second-order valence-corrected chi connectivity index (χ2v) is 4.53. The molecule has 1 aliphatic rings. The van der Waals surface area contributed by atoms with Crippen LogP contribution in [0.25, 0.3) is 0 Å². The first-order valence-electron chi connectivity index (χ1n) is 6.25. The van der Waals surface area contributed by atoms with Gasteiger partial charge in [0.1, 0.15) is 6.54 Å². The number of carbonyl (C=O) groups is 3. The molecule has 1 atom stereocenters. The summed E-state index contributed by atoms with van der Waals surface area (Å²) >= 11 is 0. The number of nitrogens with one attached hydrogen (secondary N) is 2. The van der Waals surface area contributed by atoms with Crippen LogP contribution in [0.3, 0.4) is 0 Å². The van der Waals surface area contributed by atoms with Crippen LogP contribution in [0.4, 0.5) is 5.69 Å². The lowest BCUT2D eigenvalue weighted by atomic mass is 9.98. The number of anilines is 1. The fourth-order valence-corrected chi connectivity index (χ4v) is 1.91. The van der Waals surface area contributed by atoms with Gasteiger partial charge in [0.2, 0.25) is 11.8 Å². The van der Waals surface area contributed by atoms with E-state index in [1.54, 1.807) is 6.20 Å². The molecule has 2 heterocycles. The molecule has 108 valence electrons. The van der Waals surface area contributed by atoms with Crippen LogP contribution in [0.2, 0.25) is 0 Å². The van der Waals surface area contributed by atoms with Crippen LogP contribution in [0.15, 0.2) is 12.4 Å². The van der Waals surface area contributed by atoms with Crippen LogP contribution in [-0.4, -0.2) is 41.2 Å². The normalized spacial score (nSPS) is 18.2. The number of hydrogen-bond donors (Lipinski definition) is 2. The lowest BCUT2D eigenvalue weighted by molar-refractivity contribution is -0.141. The van der Waals surface area contributed by atoms with E-state index in [2.05, 4.69) is 20.5 Å². The predicted molar refractivity (Wildman–Crippen MR) is 68.6 cm³/mol. The molecule has 2 amide bonds. The Morgan fingerprint density at radius 3 is 3.05 bits per heavy atom. The maximum atomic E-state index is 12.0. The van der Waals surface area contributed by atoms with Crippen molar-refractivity contribution in [1.29, 1.82) is 0 Å². The van der Waals surface area contributed by atoms with Crippen molar-refractivity contribution in [3.63, 3.8) is 0 Å². The van der Waals surface area contributed by atoms with E-state index in [1.165, 1.54) is 18.0 Å². The summed E-state index contributed by atoms with van der Waals surface area (Å²) in [5.41, 5.74) is 0.510. The van der Waals surface area contributed by atoms with Crippen molar-refractivity contribution in [3.8, 4) is 0 Å². The molecule has 2 N–H and O–H groups in total. The molecule has 8 heteroatoms. The molecule has 0 aromatic carbocycles. The van der Waals surface area contributed by atoms with Gasteiger partial charge in [-0.2, -0.15) is 5.10 Å². The van der Waals surface area contributed by atoms with E-state index in [4.69, 9.17) is 0 Å². The average molecular weight is 280 g/mol. The van der Waals surface area contributed by atoms with Gasteiger partial charge in [0.25, 0.3) is 0 Å². The summed E-state index contributed by atoms with van der Waals surface area (Å²) in [5, 5.41) is 9.31. The van der Waals surface area contributed by atoms with Crippen LogP contribution < -0.4 is 10.6 Å². The van der Waals surface area contributed by atoms with Crippen molar-refractivity contribution in [2.75, 3.05) is 19.0 Å². The molecule has 1 fully saturated rings. The van der Waals surface area contributed by atoms with Gasteiger partial charge in [-0.25, -0.2) is 0 Å². The molecule has 1 saturated heterocycles. The number of rotatable bonds is 4. The monoisotopic (exact) mass is 280 g/mol. The average Bonchev–Trinajstić information content (AvgIpc) is 2.86. The van der Waals surface area contributed by atoms with Gasteiger partial charge < -0.3 is 15.4 Å². The van der Waals surface area contributed by atoms with E-state index in [-0.39, 0.29) is 24.3 Å². The molecule has 1 aliphatic heterocycles. The molecule has 0 spiro atoms. The Hall–Kier alpha value is -2.38. The molecule has 0 radical (unpaired) electrons. The first kappa shape index (κ1) is 14.0. The summed E-state index contributed by atoms with van der Waals surface area (Å²) in [6.07, 6.45) is 3.91. The van der Waals surface area contributed by atoms with E-state index >= 15 is 0 Å². The lowest BCUT2D eigenvalue weighted by Gasteiger charge is -2.21. The molecule has 1 unspecified atom stereocenters. The number of ether oxygens (including phenoxy) is 1. The second kappa shape index (κ2) is 6.18. The summed E-state index contributed by atoms with van der Waals surface area (Å²) < 4.78 is 5.90. The number of hydrogen-bond acceptors (Lipinski definition) is 5. The van der Waals surface area contributed by atoms with Crippen molar-refractivity contribution in [3.05, 3.63) is 12.4 Å². The van der Waals surface area contributed by atoms with E-state index in [0.717, 1.165) is 0 Å². The SMILES string of the molecule is COC(=O)Cn1cc(NC(=O)C2CCC(=O)NC2)cn1. The number of esters is 1. The zero-order valence-electron chi connectivity index (χ0n) is 11.1. The van der Waals surface area contributed by atoms with E-state index in [1.807, 2.05) is 0 Å². The molecule has 20 heavy (non-hydrogen) atoms. The van der Waals surface area contributed by atoms with Crippen LogP contribution in [0, 0.1) is 5.92 Å². The van der Waals surface area contributed by atoms with E-state index in [0.29, 0.717) is 25.1 Å². The standard InChI is InChI=1S/C12H16N4O4/c1-20-11(18)7-16-6-9(5-14-16)15-12(19)8-2-3-10(17)13-4-8/h5-6,8H,2-4,7H2,1H3,(H,13,17)(H,15,19). The summed E-state index contributed by atoms with van der Waals surface area (Å²) in [6, 6.07) is 0. The minimum absolute atomic E-state index is 0.00808. The van der Waals surface area contributed by atoms with Crippen LogP contribution in [0.1, 0.15) is 12.8 Å². The minimum atomic E-state index is -0.416. The summed E-state index contributed by atoms with van der Waals surface area (Å²) in [5.74, 6) is -0.847. The Labute approximate surface area is 115 Å². The number of methoxy groups -OCH3 is 1. The third kappa shape index (κ3) is 3.56. The maximum absolute atomic E-state index is 12.0. The fraction of sp³-hybridized carbons (Fsp3) is 0.500. The highest BCUT2D eigenvalue weighted by Gasteiger charge is 2.24. The van der Waals surface area contributed by atoms with Gasteiger partial charge in [0, 0.05) is 19.2 Å². The van der Waals surface area contributed by atoms with Gasteiger partial charge in [0.05, 0.1) is 24.9 Å². The highest BCUT2D eigenvalue weighted by atomic mass is 16.5. The van der Waals surface area contributed by atoms with Crippen LogP contribution in [-0.2, 0) is 25.7 Å². The fourth-order valence-electron chi connectivity index (χ4n) is 1.91. The molecule has 1 aromatic rings. The van der Waals surface area contributed by atoms with E-state index < -0.39 is 5.97 Å². The first-order chi connectivity index (χ1) is 9.58. The van der Waals surface area contributed by atoms with Crippen molar-refractivity contribution in [2.45, 2.75) is 19.4 Å². The van der Waals surface area contributed by atoms with Gasteiger partial charge in [-0.05, 0) is 6.42 Å². The maximum Gasteiger partial charge on any atom is 0.327 e. The smallest absolute Gasteiger partial charge is 0.327 e. The zero-order valence-corrected chi connectivity index (χ0v) is 11.1. The summed E-state index contributed by atoms with van der Waals surface area (Å²) in [7, 11) is 1.30. The van der Waals surface area contributed by atoms with Crippen LogP contribution in [0.5, 0.6) is 0 Å². The summed E-state index contributed by atoms with van der Waals surface area (Å²) in [6.45, 7) is 0.340. The predicted octanol–water partition coefficient (Wildman–Crippen LogP) is -0.479. The highest BCUT2D eigenvalue weighted by molar-refractivity contribution is 5.93. The molecule has 1 aromatic heterocycles. The number of carbonyl (C=O) groups excluding carboxylic acids is 3. The number of piperidine rings is 1. The molecule has 0 bridgehead atoms. The van der Waals surface area contributed by atoms with Crippen molar-refractivity contribution in [2.24, 2.45) is 5.92 Å². The van der Waals surface area contributed by atoms with Gasteiger partial charge in [-0.15, -0.1) is 0 Å². The number of amides is 2. The quantitative estimate of drug-likeness (QED) is 0.725. The van der Waals surface area contributed by atoms with Gasteiger partial charge in [-0.3, -0.25) is 19.1 Å². The van der Waals surface area contributed by atoms with Gasteiger partial charge in [0.15, 0.2) is 0 Å². The molecule has 0 saturated carbocycles. The Morgan fingerprint density at radius 2 is 2.40 bits per heavy atom. The molecular formula is C12H16N4O4. The summed E-state index contributed by atoms with van der Waals surface area (Å²) in [4.78, 5) is 34.1.